The van der Waals surface area contributed by atoms with E-state index in [9.17, 15) is 0 Å². The van der Waals surface area contributed by atoms with Crippen LogP contribution in [0.4, 0.5) is 0 Å². The second kappa shape index (κ2) is 13.3. The van der Waals surface area contributed by atoms with Crippen LogP contribution in [-0.2, 0) is 0 Å². The third-order valence-electron chi connectivity index (χ3n) is 0.667. The van der Waals surface area contributed by atoms with Crippen molar-refractivity contribution in [2.24, 2.45) is 0 Å². The largest absolute Gasteiger partial charge is 2.00 e. The summed E-state index contributed by atoms with van der Waals surface area (Å²) in [5.74, 6) is 0. The van der Waals surface area contributed by atoms with E-state index in [0.29, 0.717) is 12.1 Å². The summed E-state index contributed by atoms with van der Waals surface area (Å²) in [4.78, 5) is 0. The minimum absolute atomic E-state index is 0. The fourth-order valence-corrected chi connectivity index (χ4v) is 0.667. The standard InChI is InChI=1S/C6H15N.2BrH.Mg/c1-5(2)7-6(3)4;;;/h5-7H,1-4H3;2*1H;/q;;;+2/p-2. The number of hydrogen-bond acceptors (Lipinski definition) is 1. The molecule has 0 bridgehead atoms. The zero-order chi connectivity index (χ0) is 5.86. The molecule has 1 N–H and O–H groups in total. The Morgan fingerprint density at radius 2 is 1.00 bits per heavy atom. The Morgan fingerprint density at radius 3 is 1.00 bits per heavy atom. The number of hydrogen-bond donors (Lipinski definition) is 1. The molecule has 0 aliphatic heterocycles. The molecule has 0 atom stereocenters. The number of nitrogens with one attached hydrogen (secondary N) is 1. The minimum Gasteiger partial charge on any atom is -1.00 e. The molecule has 0 radical (unpaired) electrons. The summed E-state index contributed by atoms with van der Waals surface area (Å²) < 4.78 is 0. The number of halogens is 2. The van der Waals surface area contributed by atoms with Crippen LogP contribution in [0.3, 0.4) is 0 Å². The van der Waals surface area contributed by atoms with Crippen LogP contribution in [0.2, 0.25) is 0 Å². The molecule has 0 aliphatic carbocycles. The van der Waals surface area contributed by atoms with Gasteiger partial charge in [-0.15, -0.1) is 0 Å². The van der Waals surface area contributed by atoms with Crippen LogP contribution in [0.1, 0.15) is 27.7 Å². The molecule has 0 rings (SSSR count). The van der Waals surface area contributed by atoms with Gasteiger partial charge in [0.2, 0.25) is 0 Å². The second-order valence-electron chi connectivity index (χ2n) is 2.48. The van der Waals surface area contributed by atoms with Gasteiger partial charge in [0.1, 0.15) is 0 Å². The van der Waals surface area contributed by atoms with Crippen LogP contribution >= 0.6 is 0 Å². The van der Waals surface area contributed by atoms with Gasteiger partial charge >= 0.3 is 23.1 Å². The molecule has 0 unspecified atom stereocenters. The summed E-state index contributed by atoms with van der Waals surface area (Å²) in [6, 6.07) is 1.25. The summed E-state index contributed by atoms with van der Waals surface area (Å²) >= 11 is 0. The molecule has 10 heavy (non-hydrogen) atoms. The first-order valence-corrected chi connectivity index (χ1v) is 2.89. The molecule has 0 fully saturated rings. The van der Waals surface area contributed by atoms with Gasteiger partial charge in [-0.1, -0.05) is 27.7 Å². The molecule has 0 saturated carbocycles. The van der Waals surface area contributed by atoms with E-state index in [1.54, 1.807) is 0 Å². The molecule has 4 heteroatoms. The van der Waals surface area contributed by atoms with E-state index >= 15 is 0 Å². The molecule has 0 heterocycles. The van der Waals surface area contributed by atoms with Crippen molar-refractivity contribution in [1.82, 2.24) is 5.32 Å². The van der Waals surface area contributed by atoms with Crippen molar-refractivity contribution < 1.29 is 34.0 Å². The Hall–Kier alpha value is 1.69. The third kappa shape index (κ3) is 22.6. The van der Waals surface area contributed by atoms with E-state index < -0.39 is 0 Å². The Labute approximate surface area is 101 Å². The third-order valence-corrected chi connectivity index (χ3v) is 0.667. The van der Waals surface area contributed by atoms with Gasteiger partial charge in [0.05, 0.1) is 0 Å². The normalized spacial score (nSPS) is 7.80. The fraction of sp³-hybridized carbons (Fsp3) is 1.00. The van der Waals surface area contributed by atoms with Crippen molar-refractivity contribution in [3.63, 3.8) is 0 Å². The van der Waals surface area contributed by atoms with Crippen molar-refractivity contribution >= 4 is 23.1 Å². The summed E-state index contributed by atoms with van der Waals surface area (Å²) in [5, 5.41) is 3.31. The van der Waals surface area contributed by atoms with Crippen LogP contribution in [0.5, 0.6) is 0 Å². The van der Waals surface area contributed by atoms with Gasteiger partial charge in [-0.05, 0) is 0 Å². The Bertz CT molecular complexity index is 45.0. The van der Waals surface area contributed by atoms with Gasteiger partial charge in [-0.2, -0.15) is 0 Å². The van der Waals surface area contributed by atoms with E-state index in [1.807, 2.05) is 0 Å². The van der Waals surface area contributed by atoms with Crippen LogP contribution in [0.15, 0.2) is 0 Å². The van der Waals surface area contributed by atoms with E-state index in [1.165, 1.54) is 0 Å². The monoisotopic (exact) mass is 283 g/mol. The first kappa shape index (κ1) is 22.6. The van der Waals surface area contributed by atoms with Gasteiger partial charge < -0.3 is 39.3 Å². The van der Waals surface area contributed by atoms with Crippen LogP contribution in [-0.4, -0.2) is 35.1 Å². The molecular weight excluding hydrogens is 270 g/mol. The SMILES string of the molecule is CC(C)NC(C)C.[Br-].[Br-].[Mg+2]. The van der Waals surface area contributed by atoms with Gasteiger partial charge in [-0.25, -0.2) is 0 Å². The summed E-state index contributed by atoms with van der Waals surface area (Å²) in [7, 11) is 0. The molecule has 0 aromatic rings. The Morgan fingerprint density at radius 1 is 0.800 bits per heavy atom. The predicted octanol–water partition coefficient (Wildman–Crippen LogP) is -4.98. The maximum Gasteiger partial charge on any atom is 2.00 e. The van der Waals surface area contributed by atoms with Crippen LogP contribution < -0.4 is 39.3 Å². The fourth-order valence-electron chi connectivity index (χ4n) is 0.667. The molecule has 0 amide bonds. The molecule has 1 nitrogen and oxygen atoms in total. The molecule has 0 aromatic carbocycles. The average Bonchev–Trinajstić information content (AvgIpc) is 1.27. The van der Waals surface area contributed by atoms with Crippen molar-refractivity contribution in [3.8, 4) is 0 Å². The quantitative estimate of drug-likeness (QED) is 0.501. The maximum atomic E-state index is 3.31. The van der Waals surface area contributed by atoms with E-state index in [4.69, 9.17) is 0 Å². The van der Waals surface area contributed by atoms with Crippen molar-refractivity contribution in [2.75, 3.05) is 0 Å². The van der Waals surface area contributed by atoms with Gasteiger partial charge in [0.25, 0.3) is 0 Å². The smallest absolute Gasteiger partial charge is 1.00 e. The topological polar surface area (TPSA) is 12.0 Å². The average molecular weight is 285 g/mol. The van der Waals surface area contributed by atoms with Gasteiger partial charge in [0.15, 0.2) is 0 Å². The Balaban J connectivity index is -0.0000000600. The molecule has 0 saturated heterocycles. The summed E-state index contributed by atoms with van der Waals surface area (Å²) in [5.41, 5.74) is 0. The summed E-state index contributed by atoms with van der Waals surface area (Å²) in [6.45, 7) is 8.61. The predicted molar refractivity (Wildman–Crippen MR) is 39.2 cm³/mol. The van der Waals surface area contributed by atoms with Gasteiger partial charge in [-0.3, -0.25) is 0 Å². The van der Waals surface area contributed by atoms with Crippen LogP contribution in [0, 0.1) is 0 Å². The first-order chi connectivity index (χ1) is 3.13. The minimum atomic E-state index is 0. The van der Waals surface area contributed by atoms with Crippen molar-refractivity contribution in [2.45, 2.75) is 39.8 Å². The Kier molecular flexibility index (Phi) is 30.0. The zero-order valence-corrected chi connectivity index (χ0v) is 11.7. The molecular formula is C6H15Br2MgN. The van der Waals surface area contributed by atoms with Crippen molar-refractivity contribution in [1.29, 1.82) is 0 Å². The van der Waals surface area contributed by atoms with E-state index in [-0.39, 0.29) is 57.0 Å². The second-order valence-corrected chi connectivity index (χ2v) is 2.48. The maximum absolute atomic E-state index is 3.31. The van der Waals surface area contributed by atoms with Gasteiger partial charge in [0, 0.05) is 12.1 Å². The van der Waals surface area contributed by atoms with Crippen LogP contribution in [0.25, 0.3) is 0 Å². The molecule has 0 aromatic heterocycles. The summed E-state index contributed by atoms with van der Waals surface area (Å²) in [6.07, 6.45) is 0. The molecule has 60 valence electrons. The van der Waals surface area contributed by atoms with Crippen molar-refractivity contribution in [3.05, 3.63) is 0 Å². The first-order valence-electron chi connectivity index (χ1n) is 2.89. The van der Waals surface area contributed by atoms with E-state index in [2.05, 4.69) is 33.0 Å². The molecule has 0 spiro atoms. The zero-order valence-electron chi connectivity index (χ0n) is 7.12. The van der Waals surface area contributed by atoms with E-state index in [0.717, 1.165) is 0 Å². The number of rotatable bonds is 2. The molecule has 0 aliphatic rings.